The van der Waals surface area contributed by atoms with Crippen molar-refractivity contribution in [1.29, 1.82) is 0 Å². The van der Waals surface area contributed by atoms with Crippen molar-refractivity contribution >= 4 is 23.8 Å². The van der Waals surface area contributed by atoms with Gasteiger partial charge >= 0.3 is 6.09 Å². The van der Waals surface area contributed by atoms with E-state index in [-0.39, 0.29) is 23.7 Å². The van der Waals surface area contributed by atoms with Gasteiger partial charge in [0.15, 0.2) is 5.75 Å². The number of carbonyl (C=O) groups is 4. The van der Waals surface area contributed by atoms with Gasteiger partial charge in [-0.3, -0.25) is 14.4 Å². The molecule has 1 fully saturated rings. The molecule has 1 heterocycles. The Morgan fingerprint density at radius 2 is 1.48 bits per heavy atom. The van der Waals surface area contributed by atoms with Crippen LogP contribution in [0.1, 0.15) is 112 Å². The summed E-state index contributed by atoms with van der Waals surface area (Å²) in [6.45, 7) is 12.3. The summed E-state index contributed by atoms with van der Waals surface area (Å²) >= 11 is 0. The highest BCUT2D eigenvalue weighted by molar-refractivity contribution is 5.92. The van der Waals surface area contributed by atoms with Gasteiger partial charge in [0.2, 0.25) is 11.8 Å². The number of hydroxylamine groups is 1. The van der Waals surface area contributed by atoms with Crippen LogP contribution in [0, 0.1) is 11.2 Å². The topological polar surface area (TPSA) is 126 Å². The molecule has 0 saturated carbocycles. The molecule has 0 aromatic heterocycles. The molecule has 1 aliphatic rings. The number of likely N-dealkylation sites (tertiary alicyclic amines) is 1. The van der Waals surface area contributed by atoms with Crippen molar-refractivity contribution in [2.45, 2.75) is 130 Å². The average Bonchev–Trinajstić information content (AvgIpc) is 3.54. The summed E-state index contributed by atoms with van der Waals surface area (Å²) in [4.78, 5) is 58.6. The second-order valence-electron chi connectivity index (χ2n) is 15.1. The minimum absolute atomic E-state index is 0.168. The van der Waals surface area contributed by atoms with E-state index in [0.717, 1.165) is 51.4 Å². The average molecular weight is 697 g/mol. The zero-order valence-corrected chi connectivity index (χ0v) is 30.7. The number of nitrogens with one attached hydrogen (secondary N) is 3. The lowest BCUT2D eigenvalue weighted by Gasteiger charge is -2.35. The standard InChI is InChI=1S/C39H57FN4O6/c1-38(2,3)34(42-33(45)21-13-11-9-7-8-10-12-16-26-41-37(48)49-39(4,5)6)36(47)44-27-17-20-32(44)35(46)43-50-29-24-22-28(23-25-29)30-18-14-15-19-31(30)40/h14-15,18-19,22-25,32,34H,7-13,16-17,20-21,26-27H2,1-6H3,(H,41,48)(H,42,45)(H,43,46). The zero-order chi connectivity index (χ0) is 36.7. The lowest BCUT2D eigenvalue weighted by Crippen LogP contribution is -2.57. The molecule has 1 aliphatic heterocycles. The molecule has 11 heteroatoms. The van der Waals surface area contributed by atoms with E-state index in [2.05, 4.69) is 16.1 Å². The van der Waals surface area contributed by atoms with Crippen LogP contribution in [0.25, 0.3) is 11.1 Å². The third-order valence-corrected chi connectivity index (χ3v) is 8.56. The van der Waals surface area contributed by atoms with Gasteiger partial charge in [-0.1, -0.05) is 89.6 Å². The normalized spacial score (nSPS) is 15.3. The maximum Gasteiger partial charge on any atom is 0.407 e. The van der Waals surface area contributed by atoms with Crippen molar-refractivity contribution in [3.05, 3.63) is 54.3 Å². The Morgan fingerprint density at radius 1 is 0.860 bits per heavy atom. The van der Waals surface area contributed by atoms with Crippen molar-refractivity contribution in [1.82, 2.24) is 21.0 Å². The van der Waals surface area contributed by atoms with E-state index in [0.29, 0.717) is 49.2 Å². The number of hydrogen-bond donors (Lipinski definition) is 3. The number of unbranched alkanes of at least 4 members (excludes halogenated alkanes) is 7. The van der Waals surface area contributed by atoms with Gasteiger partial charge in [0.1, 0.15) is 23.5 Å². The third-order valence-electron chi connectivity index (χ3n) is 8.56. The van der Waals surface area contributed by atoms with E-state index in [9.17, 15) is 23.6 Å². The molecule has 276 valence electrons. The van der Waals surface area contributed by atoms with Crippen LogP contribution in [0.4, 0.5) is 9.18 Å². The van der Waals surface area contributed by atoms with Crippen molar-refractivity contribution in [3.8, 4) is 16.9 Å². The van der Waals surface area contributed by atoms with Gasteiger partial charge in [0, 0.05) is 25.1 Å². The maximum absolute atomic E-state index is 14.1. The van der Waals surface area contributed by atoms with Crippen LogP contribution >= 0.6 is 0 Å². The Hall–Kier alpha value is -4.15. The van der Waals surface area contributed by atoms with E-state index < -0.39 is 29.0 Å². The van der Waals surface area contributed by atoms with Gasteiger partial charge < -0.3 is 25.1 Å². The number of alkyl carbamates (subject to hydrolysis) is 1. The van der Waals surface area contributed by atoms with E-state index in [1.165, 1.54) is 6.07 Å². The van der Waals surface area contributed by atoms with E-state index in [1.807, 2.05) is 41.5 Å². The first-order chi connectivity index (χ1) is 23.7. The fourth-order valence-corrected chi connectivity index (χ4v) is 5.90. The number of hydrogen-bond acceptors (Lipinski definition) is 6. The largest absolute Gasteiger partial charge is 0.444 e. The second-order valence-corrected chi connectivity index (χ2v) is 15.1. The summed E-state index contributed by atoms with van der Waals surface area (Å²) in [5, 5.41) is 5.75. The molecule has 1 saturated heterocycles. The van der Waals surface area contributed by atoms with Crippen molar-refractivity contribution in [3.63, 3.8) is 0 Å². The molecule has 4 amide bonds. The van der Waals surface area contributed by atoms with Crippen LogP contribution in [0.15, 0.2) is 48.5 Å². The van der Waals surface area contributed by atoms with Crippen LogP contribution in [0.5, 0.6) is 5.75 Å². The lowest BCUT2D eigenvalue weighted by atomic mass is 9.85. The molecule has 3 rings (SSSR count). The highest BCUT2D eigenvalue weighted by Crippen LogP contribution is 2.27. The monoisotopic (exact) mass is 696 g/mol. The molecule has 10 nitrogen and oxygen atoms in total. The number of ether oxygens (including phenoxy) is 1. The SMILES string of the molecule is CC(C)(C)OC(=O)NCCCCCCCCCCC(=O)NC(C(=O)N1CCCC1C(=O)NOc1ccc(-c2ccccc2F)cc1)C(C)(C)C. The molecule has 50 heavy (non-hydrogen) atoms. The van der Waals surface area contributed by atoms with Gasteiger partial charge in [-0.2, -0.15) is 5.48 Å². The predicted octanol–water partition coefficient (Wildman–Crippen LogP) is 7.46. The summed E-state index contributed by atoms with van der Waals surface area (Å²) in [5.41, 5.74) is 2.57. The third kappa shape index (κ3) is 13.6. The molecule has 2 aromatic rings. The predicted molar refractivity (Wildman–Crippen MR) is 193 cm³/mol. The fraction of sp³-hybridized carbons (Fsp3) is 0.590. The summed E-state index contributed by atoms with van der Waals surface area (Å²) < 4.78 is 19.4. The van der Waals surface area contributed by atoms with Crippen LogP contribution in [-0.2, 0) is 19.1 Å². The van der Waals surface area contributed by atoms with Crippen molar-refractivity contribution in [2.75, 3.05) is 13.1 Å². The second kappa shape index (κ2) is 19.3. The molecule has 3 N–H and O–H groups in total. The Balaban J connectivity index is 1.37. The smallest absolute Gasteiger partial charge is 0.407 e. The van der Waals surface area contributed by atoms with Crippen LogP contribution in [-0.4, -0.2) is 59.5 Å². The molecular formula is C39H57FN4O6. The Labute approximate surface area is 297 Å². The number of carbonyl (C=O) groups excluding carboxylic acids is 4. The summed E-state index contributed by atoms with van der Waals surface area (Å²) in [5.74, 6) is -0.839. The summed E-state index contributed by atoms with van der Waals surface area (Å²) in [7, 11) is 0. The lowest BCUT2D eigenvalue weighted by molar-refractivity contribution is -0.145. The van der Waals surface area contributed by atoms with Gasteiger partial charge in [0.25, 0.3) is 5.91 Å². The van der Waals surface area contributed by atoms with Crippen LogP contribution in [0.3, 0.4) is 0 Å². The Kier molecular flexibility index (Phi) is 15.5. The van der Waals surface area contributed by atoms with Gasteiger partial charge in [-0.15, -0.1) is 0 Å². The fourth-order valence-electron chi connectivity index (χ4n) is 5.90. The van der Waals surface area contributed by atoms with Crippen LogP contribution in [0.2, 0.25) is 0 Å². The maximum atomic E-state index is 14.1. The van der Waals surface area contributed by atoms with Crippen molar-refractivity contribution < 1.29 is 33.1 Å². The van der Waals surface area contributed by atoms with E-state index in [4.69, 9.17) is 9.57 Å². The quantitative estimate of drug-likeness (QED) is 0.117. The first kappa shape index (κ1) is 40.3. The molecule has 2 atom stereocenters. The summed E-state index contributed by atoms with van der Waals surface area (Å²) in [6, 6.07) is 11.7. The first-order valence-corrected chi connectivity index (χ1v) is 18.0. The number of halogens is 1. The molecule has 0 spiro atoms. The molecule has 0 aliphatic carbocycles. The van der Waals surface area contributed by atoms with Gasteiger partial charge in [-0.25, -0.2) is 9.18 Å². The Bertz CT molecular complexity index is 1400. The number of nitrogens with zero attached hydrogens (tertiary/aromatic N) is 1. The minimum atomic E-state index is -0.778. The summed E-state index contributed by atoms with van der Waals surface area (Å²) in [6.07, 6.45) is 9.06. The van der Waals surface area contributed by atoms with Crippen molar-refractivity contribution in [2.24, 2.45) is 5.41 Å². The highest BCUT2D eigenvalue weighted by atomic mass is 19.1. The number of amides is 4. The van der Waals surface area contributed by atoms with E-state index >= 15 is 0 Å². The highest BCUT2D eigenvalue weighted by Gasteiger charge is 2.42. The molecule has 2 aromatic carbocycles. The first-order valence-electron chi connectivity index (χ1n) is 18.0. The zero-order valence-electron chi connectivity index (χ0n) is 30.7. The minimum Gasteiger partial charge on any atom is -0.444 e. The van der Waals surface area contributed by atoms with Gasteiger partial charge in [-0.05, 0) is 75.6 Å². The Morgan fingerprint density at radius 3 is 2.10 bits per heavy atom. The molecule has 0 radical (unpaired) electrons. The molecular weight excluding hydrogens is 639 g/mol. The molecule has 0 bridgehead atoms. The molecule has 2 unspecified atom stereocenters. The number of benzene rings is 2. The van der Waals surface area contributed by atoms with E-state index in [1.54, 1.807) is 47.4 Å². The van der Waals surface area contributed by atoms with Gasteiger partial charge in [0.05, 0.1) is 0 Å². The number of rotatable bonds is 17. The van der Waals surface area contributed by atoms with Crippen LogP contribution < -0.4 is 21.0 Å².